The number of carbonyl (C=O) groups is 1. The Bertz CT molecular complexity index is 733. The third kappa shape index (κ3) is 3.59. The van der Waals surface area contributed by atoms with Gasteiger partial charge >= 0.3 is 0 Å². The second-order valence-electron chi connectivity index (χ2n) is 4.17. The van der Waals surface area contributed by atoms with Crippen LogP contribution in [0.1, 0.15) is 17.3 Å². The number of Topliss-reactive ketones (excluding diaryl/α,β-unsaturated/α-hetero) is 1. The third-order valence-corrected chi connectivity index (χ3v) is 3.47. The first kappa shape index (κ1) is 15.5. The summed E-state index contributed by atoms with van der Waals surface area (Å²) in [5, 5.41) is 11.4. The van der Waals surface area contributed by atoms with Crippen LogP contribution in [-0.2, 0) is 0 Å². The number of hydrogen-bond acceptors (Lipinski definition) is 4. The maximum atomic E-state index is 11.4. The average molecular weight is 371 g/mol. The van der Waals surface area contributed by atoms with Crippen molar-refractivity contribution in [1.82, 2.24) is 0 Å². The summed E-state index contributed by atoms with van der Waals surface area (Å²) in [4.78, 5) is 21.8. The Hall–Kier alpha value is -1.92. The second kappa shape index (κ2) is 6.24. The second-order valence-corrected chi connectivity index (χ2v) is 5.49. The van der Waals surface area contributed by atoms with E-state index in [1.807, 2.05) is 0 Å². The molecule has 0 bridgehead atoms. The minimum atomic E-state index is -0.619. The third-order valence-electron chi connectivity index (χ3n) is 2.67. The van der Waals surface area contributed by atoms with E-state index in [2.05, 4.69) is 15.9 Å². The first-order chi connectivity index (χ1) is 9.88. The lowest BCUT2D eigenvalue weighted by Crippen LogP contribution is -2.00. The Morgan fingerprint density at radius 2 is 2.00 bits per heavy atom. The van der Waals surface area contributed by atoms with Crippen LogP contribution in [0.2, 0.25) is 5.02 Å². The van der Waals surface area contributed by atoms with Crippen LogP contribution in [0.4, 0.5) is 5.69 Å². The van der Waals surface area contributed by atoms with Gasteiger partial charge in [-0.1, -0.05) is 27.5 Å². The zero-order chi connectivity index (χ0) is 15.6. The monoisotopic (exact) mass is 369 g/mol. The average Bonchev–Trinajstić information content (AvgIpc) is 2.42. The van der Waals surface area contributed by atoms with Crippen molar-refractivity contribution in [1.29, 1.82) is 0 Å². The molecule has 0 fully saturated rings. The van der Waals surface area contributed by atoms with E-state index >= 15 is 0 Å². The molecule has 2 rings (SSSR count). The number of nitro benzene ring substituents is 1. The van der Waals surface area contributed by atoms with E-state index in [1.54, 1.807) is 18.2 Å². The molecule has 7 heteroatoms. The fourth-order valence-corrected chi connectivity index (χ4v) is 2.20. The SMILES string of the molecule is CC(=O)c1ccc(Oc2cc(Br)ccc2Cl)cc1[N+](=O)[O-]. The van der Waals surface area contributed by atoms with Crippen molar-refractivity contribution >= 4 is 39.0 Å². The van der Waals surface area contributed by atoms with Crippen molar-refractivity contribution in [3.8, 4) is 11.5 Å². The molecule has 0 saturated heterocycles. The van der Waals surface area contributed by atoms with Crippen LogP contribution < -0.4 is 4.74 Å². The molecular formula is C14H9BrClNO4. The van der Waals surface area contributed by atoms with Gasteiger partial charge in [0.15, 0.2) is 5.78 Å². The summed E-state index contributed by atoms with van der Waals surface area (Å²) in [5.74, 6) is 0.205. The molecule has 2 aromatic rings. The van der Waals surface area contributed by atoms with Crippen molar-refractivity contribution in [3.63, 3.8) is 0 Å². The standard InChI is InChI=1S/C14H9BrClNO4/c1-8(18)11-4-3-10(7-13(11)17(19)20)21-14-6-9(15)2-5-12(14)16/h2-7H,1H3. The van der Waals surface area contributed by atoms with E-state index in [-0.39, 0.29) is 22.8 Å². The number of nitro groups is 1. The fraction of sp³-hybridized carbons (Fsp3) is 0.0714. The van der Waals surface area contributed by atoms with Crippen molar-refractivity contribution in [2.45, 2.75) is 6.92 Å². The van der Waals surface area contributed by atoms with Crippen LogP contribution in [0.3, 0.4) is 0 Å². The summed E-state index contributed by atoms with van der Waals surface area (Å²) in [6.07, 6.45) is 0. The molecule has 0 aliphatic rings. The van der Waals surface area contributed by atoms with Gasteiger partial charge in [0.2, 0.25) is 0 Å². The van der Waals surface area contributed by atoms with Gasteiger partial charge in [0.1, 0.15) is 11.5 Å². The number of ether oxygens (including phenoxy) is 1. The molecule has 0 amide bonds. The van der Waals surface area contributed by atoms with Gasteiger partial charge in [0.05, 0.1) is 21.6 Å². The van der Waals surface area contributed by atoms with Crippen LogP contribution >= 0.6 is 27.5 Å². The molecule has 0 unspecified atom stereocenters. The number of rotatable bonds is 4. The van der Waals surface area contributed by atoms with Crippen LogP contribution in [0, 0.1) is 10.1 Å². The van der Waals surface area contributed by atoms with Gasteiger partial charge < -0.3 is 4.74 Å². The van der Waals surface area contributed by atoms with Crippen molar-refractivity contribution in [2.24, 2.45) is 0 Å². The molecule has 0 N–H and O–H groups in total. The minimum Gasteiger partial charge on any atom is -0.456 e. The maximum Gasteiger partial charge on any atom is 0.283 e. The van der Waals surface area contributed by atoms with Gasteiger partial charge in [0.25, 0.3) is 5.69 Å². The highest BCUT2D eigenvalue weighted by Crippen LogP contribution is 2.34. The molecule has 0 saturated carbocycles. The van der Waals surface area contributed by atoms with Crippen LogP contribution in [0.25, 0.3) is 0 Å². The Labute approximate surface area is 133 Å². The van der Waals surface area contributed by atoms with Gasteiger partial charge in [-0.2, -0.15) is 0 Å². The van der Waals surface area contributed by atoms with E-state index in [0.29, 0.717) is 10.8 Å². The van der Waals surface area contributed by atoms with E-state index in [9.17, 15) is 14.9 Å². The number of nitrogens with zero attached hydrogens (tertiary/aromatic N) is 1. The Balaban J connectivity index is 2.41. The molecule has 0 aliphatic heterocycles. The molecule has 21 heavy (non-hydrogen) atoms. The Kier molecular flexibility index (Phi) is 4.59. The fourth-order valence-electron chi connectivity index (χ4n) is 1.71. The summed E-state index contributed by atoms with van der Waals surface area (Å²) in [5.41, 5.74) is -0.265. The summed E-state index contributed by atoms with van der Waals surface area (Å²) in [6.45, 7) is 1.27. The quantitative estimate of drug-likeness (QED) is 0.431. The van der Waals surface area contributed by atoms with Gasteiger partial charge in [-0.25, -0.2) is 0 Å². The molecule has 2 aromatic carbocycles. The largest absolute Gasteiger partial charge is 0.456 e. The Morgan fingerprint density at radius 3 is 2.62 bits per heavy atom. The van der Waals surface area contributed by atoms with Gasteiger partial charge in [0, 0.05) is 4.47 Å². The highest BCUT2D eigenvalue weighted by atomic mass is 79.9. The number of halogens is 2. The van der Waals surface area contributed by atoms with E-state index in [4.69, 9.17) is 16.3 Å². The first-order valence-electron chi connectivity index (χ1n) is 5.81. The van der Waals surface area contributed by atoms with Crippen LogP contribution in [-0.4, -0.2) is 10.7 Å². The van der Waals surface area contributed by atoms with Crippen LogP contribution in [0.15, 0.2) is 40.9 Å². The Morgan fingerprint density at radius 1 is 1.29 bits per heavy atom. The van der Waals surface area contributed by atoms with E-state index < -0.39 is 4.92 Å². The smallest absolute Gasteiger partial charge is 0.283 e. The van der Waals surface area contributed by atoms with Gasteiger partial charge in [-0.3, -0.25) is 14.9 Å². The lowest BCUT2D eigenvalue weighted by Gasteiger charge is -2.09. The molecular weight excluding hydrogens is 362 g/mol. The number of ketones is 1. The van der Waals surface area contributed by atoms with Crippen molar-refractivity contribution in [2.75, 3.05) is 0 Å². The molecule has 0 aliphatic carbocycles. The molecule has 108 valence electrons. The van der Waals surface area contributed by atoms with Crippen molar-refractivity contribution in [3.05, 3.63) is 61.6 Å². The lowest BCUT2D eigenvalue weighted by molar-refractivity contribution is -0.385. The summed E-state index contributed by atoms with van der Waals surface area (Å²) < 4.78 is 6.30. The zero-order valence-electron chi connectivity index (χ0n) is 10.8. The maximum absolute atomic E-state index is 11.4. The van der Waals surface area contributed by atoms with Gasteiger partial charge in [-0.15, -0.1) is 0 Å². The summed E-state index contributed by atoms with van der Waals surface area (Å²) >= 11 is 9.28. The molecule has 0 atom stereocenters. The number of hydrogen-bond donors (Lipinski definition) is 0. The van der Waals surface area contributed by atoms with E-state index in [0.717, 1.165) is 4.47 Å². The minimum absolute atomic E-state index is 0.0349. The predicted molar refractivity (Wildman–Crippen MR) is 82.3 cm³/mol. The predicted octanol–water partition coefficient (Wildman–Crippen LogP) is 5.01. The first-order valence-corrected chi connectivity index (χ1v) is 6.98. The topological polar surface area (TPSA) is 69.4 Å². The molecule has 0 heterocycles. The highest BCUT2D eigenvalue weighted by Gasteiger charge is 2.19. The summed E-state index contributed by atoms with van der Waals surface area (Å²) in [7, 11) is 0. The lowest BCUT2D eigenvalue weighted by atomic mass is 10.1. The van der Waals surface area contributed by atoms with Crippen LogP contribution in [0.5, 0.6) is 11.5 Å². The molecule has 0 aromatic heterocycles. The molecule has 0 radical (unpaired) electrons. The molecule has 0 spiro atoms. The van der Waals surface area contributed by atoms with E-state index in [1.165, 1.54) is 25.1 Å². The molecule has 5 nitrogen and oxygen atoms in total. The summed E-state index contributed by atoms with van der Waals surface area (Å²) in [6, 6.07) is 9.08. The number of carbonyl (C=O) groups excluding carboxylic acids is 1. The van der Waals surface area contributed by atoms with Gasteiger partial charge in [-0.05, 0) is 37.3 Å². The zero-order valence-corrected chi connectivity index (χ0v) is 13.1. The number of benzene rings is 2. The highest BCUT2D eigenvalue weighted by molar-refractivity contribution is 9.10. The van der Waals surface area contributed by atoms with Crippen molar-refractivity contribution < 1.29 is 14.5 Å². The normalized spacial score (nSPS) is 10.2.